The van der Waals surface area contributed by atoms with Gasteiger partial charge in [-0.2, -0.15) is 0 Å². The Bertz CT molecular complexity index is 872. The summed E-state index contributed by atoms with van der Waals surface area (Å²) in [5, 5.41) is 1.15. The van der Waals surface area contributed by atoms with E-state index in [9.17, 15) is 0 Å². The number of hydrogen-bond acceptors (Lipinski definition) is 4. The van der Waals surface area contributed by atoms with Crippen molar-refractivity contribution in [1.29, 1.82) is 0 Å². The lowest BCUT2D eigenvalue weighted by Crippen LogP contribution is -2.23. The van der Waals surface area contributed by atoms with Crippen molar-refractivity contribution in [2.75, 3.05) is 6.54 Å². The van der Waals surface area contributed by atoms with Crippen LogP contribution in [0, 0.1) is 13.8 Å². The van der Waals surface area contributed by atoms with Gasteiger partial charge in [0.05, 0.1) is 16.7 Å². The number of hydrogen-bond donors (Lipinski definition) is 0. The summed E-state index contributed by atoms with van der Waals surface area (Å²) in [4.78, 5) is 13.2. The lowest BCUT2D eigenvalue weighted by molar-refractivity contribution is 0.246. The topological polar surface area (TPSA) is 29.0 Å². The van der Waals surface area contributed by atoms with Crippen molar-refractivity contribution in [3.05, 3.63) is 81.1 Å². The van der Waals surface area contributed by atoms with Crippen molar-refractivity contribution in [3.8, 4) is 0 Å². The Hall–Kier alpha value is -2.04. The van der Waals surface area contributed by atoms with Crippen LogP contribution in [0.2, 0.25) is 0 Å². The molecule has 0 spiro atoms. The molecule has 1 aliphatic rings. The number of benzene rings is 1. The molecular formula is C22H25N3S. The monoisotopic (exact) mass is 363 g/mol. The van der Waals surface area contributed by atoms with Crippen LogP contribution in [-0.2, 0) is 13.0 Å². The molecule has 1 atom stereocenters. The fraction of sp³-hybridized carbons (Fsp3) is 0.364. The average molecular weight is 364 g/mol. The van der Waals surface area contributed by atoms with Crippen LogP contribution < -0.4 is 0 Å². The number of pyridine rings is 1. The van der Waals surface area contributed by atoms with Crippen LogP contribution in [0.5, 0.6) is 0 Å². The van der Waals surface area contributed by atoms with E-state index < -0.39 is 0 Å². The van der Waals surface area contributed by atoms with Gasteiger partial charge in [0.15, 0.2) is 0 Å². The molecule has 2 aromatic heterocycles. The van der Waals surface area contributed by atoms with E-state index in [0.29, 0.717) is 6.04 Å². The van der Waals surface area contributed by atoms with Gasteiger partial charge in [-0.15, -0.1) is 11.3 Å². The Morgan fingerprint density at radius 1 is 1.12 bits per heavy atom. The first-order valence-corrected chi connectivity index (χ1v) is 10.2. The fourth-order valence-corrected chi connectivity index (χ4v) is 4.72. The van der Waals surface area contributed by atoms with E-state index in [-0.39, 0.29) is 0 Å². The summed E-state index contributed by atoms with van der Waals surface area (Å²) in [6.07, 6.45) is 5.43. The van der Waals surface area contributed by atoms with Crippen LogP contribution >= 0.6 is 11.3 Å². The second kappa shape index (κ2) is 7.68. The third-order valence-electron chi connectivity index (χ3n) is 5.02. The van der Waals surface area contributed by atoms with Gasteiger partial charge in [0.2, 0.25) is 0 Å². The lowest BCUT2D eigenvalue weighted by atomic mass is 10.0. The molecule has 1 saturated heterocycles. The molecule has 4 heteroatoms. The zero-order valence-corrected chi connectivity index (χ0v) is 16.3. The molecule has 3 aromatic rings. The van der Waals surface area contributed by atoms with Crippen molar-refractivity contribution < 1.29 is 0 Å². The predicted molar refractivity (Wildman–Crippen MR) is 107 cm³/mol. The van der Waals surface area contributed by atoms with Crippen LogP contribution in [0.3, 0.4) is 0 Å². The smallest absolute Gasteiger partial charge is 0.0897 e. The standard InChI is InChI=1S/C22H25N3S/c1-16-11-19(12-18-7-4-3-5-8-18)13-21(24-16)22-9-6-10-25(22)15-20-14-23-17(2)26-20/h3-5,7-8,11,13-14,22H,6,9-10,12,15H2,1-2H3. The van der Waals surface area contributed by atoms with E-state index in [1.54, 1.807) is 11.3 Å². The highest BCUT2D eigenvalue weighted by Crippen LogP contribution is 2.33. The minimum Gasteiger partial charge on any atom is -0.290 e. The maximum atomic E-state index is 4.90. The van der Waals surface area contributed by atoms with Crippen LogP contribution in [-0.4, -0.2) is 21.4 Å². The molecule has 0 amide bonds. The van der Waals surface area contributed by atoms with E-state index in [0.717, 1.165) is 30.2 Å². The highest BCUT2D eigenvalue weighted by Gasteiger charge is 2.28. The Kier molecular flexibility index (Phi) is 5.14. The molecule has 1 aromatic carbocycles. The molecule has 4 rings (SSSR count). The molecule has 0 bridgehead atoms. The van der Waals surface area contributed by atoms with Crippen molar-refractivity contribution in [2.45, 2.75) is 45.7 Å². The zero-order chi connectivity index (χ0) is 17.9. The Balaban J connectivity index is 1.55. The normalized spacial score (nSPS) is 17.7. The molecule has 1 fully saturated rings. The number of aromatic nitrogens is 2. The van der Waals surface area contributed by atoms with Crippen LogP contribution in [0.25, 0.3) is 0 Å². The van der Waals surface area contributed by atoms with Crippen molar-refractivity contribution in [1.82, 2.24) is 14.9 Å². The summed E-state index contributed by atoms with van der Waals surface area (Å²) in [5.41, 5.74) is 5.07. The maximum absolute atomic E-state index is 4.90. The molecule has 0 aliphatic carbocycles. The van der Waals surface area contributed by atoms with Gasteiger partial charge in [0.25, 0.3) is 0 Å². The van der Waals surface area contributed by atoms with Gasteiger partial charge in [-0.3, -0.25) is 9.88 Å². The fourth-order valence-electron chi connectivity index (χ4n) is 3.90. The summed E-state index contributed by atoms with van der Waals surface area (Å²) in [6, 6.07) is 15.7. The molecule has 0 radical (unpaired) electrons. The Morgan fingerprint density at radius 2 is 1.96 bits per heavy atom. The molecule has 3 heterocycles. The molecular weight excluding hydrogens is 338 g/mol. The summed E-state index contributed by atoms with van der Waals surface area (Å²) >= 11 is 1.81. The van der Waals surface area contributed by atoms with Gasteiger partial charge in [-0.1, -0.05) is 30.3 Å². The van der Waals surface area contributed by atoms with Gasteiger partial charge in [-0.05, 0) is 62.9 Å². The predicted octanol–water partition coefficient (Wildman–Crippen LogP) is 5.08. The second-order valence-electron chi connectivity index (χ2n) is 7.18. The largest absolute Gasteiger partial charge is 0.290 e. The highest BCUT2D eigenvalue weighted by molar-refractivity contribution is 7.11. The summed E-state index contributed by atoms with van der Waals surface area (Å²) in [6.45, 7) is 6.32. The number of likely N-dealkylation sites (tertiary alicyclic amines) is 1. The Labute approximate surface area is 159 Å². The van der Waals surface area contributed by atoms with Gasteiger partial charge in [-0.25, -0.2) is 4.98 Å². The Morgan fingerprint density at radius 3 is 2.73 bits per heavy atom. The van der Waals surface area contributed by atoms with Crippen molar-refractivity contribution in [3.63, 3.8) is 0 Å². The third kappa shape index (κ3) is 4.02. The van der Waals surface area contributed by atoms with Gasteiger partial charge in [0, 0.05) is 23.3 Å². The van der Waals surface area contributed by atoms with Crippen molar-refractivity contribution in [2.24, 2.45) is 0 Å². The van der Waals surface area contributed by atoms with E-state index in [1.165, 1.54) is 34.5 Å². The van der Waals surface area contributed by atoms with Gasteiger partial charge < -0.3 is 0 Å². The first kappa shape index (κ1) is 17.4. The number of aryl methyl sites for hydroxylation is 2. The van der Waals surface area contributed by atoms with Crippen LogP contribution in [0.15, 0.2) is 48.7 Å². The SMILES string of the molecule is Cc1cc(Cc2ccccc2)cc(C2CCCN2Cc2cnc(C)s2)n1. The second-order valence-corrected chi connectivity index (χ2v) is 8.50. The number of thiazole rings is 1. The molecule has 134 valence electrons. The molecule has 0 N–H and O–H groups in total. The molecule has 3 nitrogen and oxygen atoms in total. The number of nitrogens with zero attached hydrogens (tertiary/aromatic N) is 3. The minimum absolute atomic E-state index is 0.423. The van der Waals surface area contributed by atoms with E-state index in [1.807, 2.05) is 6.20 Å². The molecule has 0 saturated carbocycles. The van der Waals surface area contributed by atoms with Gasteiger partial charge in [0.1, 0.15) is 0 Å². The highest BCUT2D eigenvalue weighted by atomic mass is 32.1. The first-order valence-electron chi connectivity index (χ1n) is 9.34. The summed E-state index contributed by atoms with van der Waals surface area (Å²) in [5.74, 6) is 0. The van der Waals surface area contributed by atoms with Crippen molar-refractivity contribution >= 4 is 11.3 Å². The zero-order valence-electron chi connectivity index (χ0n) is 15.5. The van der Waals surface area contributed by atoms with Crippen LogP contribution in [0.1, 0.15) is 51.3 Å². The maximum Gasteiger partial charge on any atom is 0.0897 e. The quantitative estimate of drug-likeness (QED) is 0.633. The number of rotatable bonds is 5. The summed E-state index contributed by atoms with van der Waals surface area (Å²) < 4.78 is 0. The van der Waals surface area contributed by atoms with E-state index in [2.05, 4.69) is 66.2 Å². The van der Waals surface area contributed by atoms with E-state index >= 15 is 0 Å². The average Bonchev–Trinajstić information content (AvgIpc) is 3.24. The molecule has 26 heavy (non-hydrogen) atoms. The minimum atomic E-state index is 0.423. The van der Waals surface area contributed by atoms with E-state index in [4.69, 9.17) is 4.98 Å². The first-order chi connectivity index (χ1) is 12.7. The van der Waals surface area contributed by atoms with Crippen LogP contribution in [0.4, 0.5) is 0 Å². The summed E-state index contributed by atoms with van der Waals surface area (Å²) in [7, 11) is 0. The third-order valence-corrected chi connectivity index (χ3v) is 5.91. The lowest BCUT2D eigenvalue weighted by Gasteiger charge is -2.24. The molecule has 1 aliphatic heterocycles. The van der Waals surface area contributed by atoms with Gasteiger partial charge >= 0.3 is 0 Å². The molecule has 1 unspecified atom stereocenters.